The average Bonchev–Trinajstić information content (AvgIpc) is 2.18. The Balaban J connectivity index is 1.94. The van der Waals surface area contributed by atoms with Gasteiger partial charge < -0.3 is 5.32 Å². The zero-order chi connectivity index (χ0) is 9.10. The second-order valence-corrected chi connectivity index (χ2v) is 4.18. The summed E-state index contributed by atoms with van der Waals surface area (Å²) in [5.41, 5.74) is 0. The van der Waals surface area contributed by atoms with Crippen LogP contribution in [0.5, 0.6) is 0 Å². The molecule has 2 N–H and O–H groups in total. The predicted molar refractivity (Wildman–Crippen MR) is 55.5 cm³/mol. The van der Waals surface area contributed by atoms with Gasteiger partial charge in [-0.1, -0.05) is 25.5 Å². The fourth-order valence-corrected chi connectivity index (χ4v) is 2.36. The minimum atomic E-state index is 0.551. The predicted octanol–water partition coefficient (Wildman–Crippen LogP) is 1.64. The van der Waals surface area contributed by atoms with Gasteiger partial charge in [-0.2, -0.15) is 0 Å². The molecule has 3 unspecified atom stereocenters. The Morgan fingerprint density at radius 3 is 3.15 bits per heavy atom. The Morgan fingerprint density at radius 2 is 2.31 bits per heavy atom. The smallest absolute Gasteiger partial charge is 0.0640 e. The third kappa shape index (κ3) is 2.12. The van der Waals surface area contributed by atoms with Crippen LogP contribution < -0.4 is 10.6 Å². The van der Waals surface area contributed by atoms with Gasteiger partial charge in [0, 0.05) is 12.0 Å². The van der Waals surface area contributed by atoms with Crippen molar-refractivity contribution in [2.75, 3.05) is 6.54 Å². The highest BCUT2D eigenvalue weighted by molar-refractivity contribution is 5.06. The highest BCUT2D eigenvalue weighted by Crippen LogP contribution is 2.21. The molecule has 2 nitrogen and oxygen atoms in total. The fourth-order valence-electron chi connectivity index (χ4n) is 2.36. The average molecular weight is 180 g/mol. The van der Waals surface area contributed by atoms with Gasteiger partial charge in [0.25, 0.3) is 0 Å². The lowest BCUT2D eigenvalue weighted by molar-refractivity contribution is 0.250. The van der Waals surface area contributed by atoms with Crippen LogP contribution in [0.4, 0.5) is 0 Å². The van der Waals surface area contributed by atoms with Crippen LogP contribution in [0, 0.1) is 5.92 Å². The number of fused-ring (bicyclic) bond motifs is 1. The molecular weight excluding hydrogens is 160 g/mol. The minimum Gasteiger partial charge on any atom is -0.301 e. The van der Waals surface area contributed by atoms with Crippen molar-refractivity contribution in [3.63, 3.8) is 0 Å². The molecule has 0 amide bonds. The van der Waals surface area contributed by atoms with Gasteiger partial charge in [-0.3, -0.25) is 5.32 Å². The molecule has 0 aromatic rings. The van der Waals surface area contributed by atoms with E-state index in [-0.39, 0.29) is 0 Å². The van der Waals surface area contributed by atoms with E-state index in [0.717, 1.165) is 5.92 Å². The lowest BCUT2D eigenvalue weighted by Crippen LogP contribution is -2.55. The zero-order valence-electron chi connectivity index (χ0n) is 8.42. The van der Waals surface area contributed by atoms with Crippen LogP contribution >= 0.6 is 0 Å². The normalized spacial score (nSPS) is 38.7. The first kappa shape index (κ1) is 9.22. The molecular formula is C11H20N2. The number of nitrogens with one attached hydrogen (secondary N) is 2. The maximum Gasteiger partial charge on any atom is 0.0640 e. The van der Waals surface area contributed by atoms with E-state index in [9.17, 15) is 0 Å². The lowest BCUT2D eigenvalue weighted by Gasteiger charge is -2.37. The van der Waals surface area contributed by atoms with Gasteiger partial charge in [0.15, 0.2) is 0 Å². The van der Waals surface area contributed by atoms with Crippen LogP contribution in [0.15, 0.2) is 12.2 Å². The molecule has 2 heterocycles. The van der Waals surface area contributed by atoms with Gasteiger partial charge in [0.05, 0.1) is 6.17 Å². The van der Waals surface area contributed by atoms with E-state index in [1.165, 1.54) is 32.2 Å². The Kier molecular flexibility index (Phi) is 3.01. The summed E-state index contributed by atoms with van der Waals surface area (Å²) in [7, 11) is 0. The van der Waals surface area contributed by atoms with Crippen LogP contribution in [0.1, 0.15) is 32.6 Å². The molecule has 1 fully saturated rings. The molecule has 2 aliphatic heterocycles. The van der Waals surface area contributed by atoms with E-state index >= 15 is 0 Å². The summed E-state index contributed by atoms with van der Waals surface area (Å²) in [5, 5.41) is 7.21. The highest BCUT2D eigenvalue weighted by atomic mass is 15.2. The fraction of sp³-hybridized carbons (Fsp3) is 0.818. The Bertz CT molecular complexity index is 189. The van der Waals surface area contributed by atoms with Crippen LogP contribution in [0.2, 0.25) is 0 Å². The quantitative estimate of drug-likeness (QED) is 0.631. The second kappa shape index (κ2) is 4.25. The molecule has 13 heavy (non-hydrogen) atoms. The Hall–Kier alpha value is -0.340. The topological polar surface area (TPSA) is 24.1 Å². The van der Waals surface area contributed by atoms with Crippen molar-refractivity contribution in [2.45, 2.75) is 44.8 Å². The van der Waals surface area contributed by atoms with Gasteiger partial charge in [0.1, 0.15) is 0 Å². The van der Waals surface area contributed by atoms with E-state index < -0.39 is 0 Å². The number of hydrogen-bond acceptors (Lipinski definition) is 2. The van der Waals surface area contributed by atoms with Gasteiger partial charge in [-0.15, -0.1) is 0 Å². The molecule has 2 heteroatoms. The summed E-state index contributed by atoms with van der Waals surface area (Å²) >= 11 is 0. The molecule has 2 rings (SSSR count). The zero-order valence-corrected chi connectivity index (χ0v) is 8.42. The van der Waals surface area contributed by atoms with E-state index in [1.807, 2.05) is 0 Å². The largest absolute Gasteiger partial charge is 0.301 e. The first-order chi connectivity index (χ1) is 6.40. The van der Waals surface area contributed by atoms with Crippen molar-refractivity contribution in [1.29, 1.82) is 0 Å². The third-order valence-corrected chi connectivity index (χ3v) is 3.09. The standard InChI is InChI=1S/C11H20N2/c1-2-4-10-7-6-9-5-3-8-12-11(9)13-10/h6-7,9-13H,2-5,8H2,1H3. The lowest BCUT2D eigenvalue weighted by atomic mass is 9.90. The van der Waals surface area contributed by atoms with E-state index in [2.05, 4.69) is 29.7 Å². The van der Waals surface area contributed by atoms with Crippen LogP contribution in [0.3, 0.4) is 0 Å². The van der Waals surface area contributed by atoms with Crippen molar-refractivity contribution >= 4 is 0 Å². The maximum absolute atomic E-state index is 3.66. The summed E-state index contributed by atoms with van der Waals surface area (Å²) < 4.78 is 0. The molecule has 1 saturated heterocycles. The van der Waals surface area contributed by atoms with E-state index in [0.29, 0.717) is 12.2 Å². The summed E-state index contributed by atoms with van der Waals surface area (Å²) in [6.45, 7) is 3.43. The molecule has 0 bridgehead atoms. The Labute approximate surface area is 80.8 Å². The van der Waals surface area contributed by atoms with Gasteiger partial charge in [-0.25, -0.2) is 0 Å². The van der Waals surface area contributed by atoms with Crippen molar-refractivity contribution in [2.24, 2.45) is 5.92 Å². The first-order valence-corrected chi connectivity index (χ1v) is 5.58. The van der Waals surface area contributed by atoms with E-state index in [4.69, 9.17) is 0 Å². The second-order valence-electron chi connectivity index (χ2n) is 4.18. The molecule has 0 aliphatic carbocycles. The molecule has 0 aromatic carbocycles. The van der Waals surface area contributed by atoms with Gasteiger partial charge in [0.2, 0.25) is 0 Å². The Morgan fingerprint density at radius 1 is 1.38 bits per heavy atom. The monoisotopic (exact) mass is 180 g/mol. The third-order valence-electron chi connectivity index (χ3n) is 3.09. The van der Waals surface area contributed by atoms with Crippen molar-refractivity contribution in [3.8, 4) is 0 Å². The summed E-state index contributed by atoms with van der Waals surface area (Å²) in [6, 6.07) is 0.608. The molecule has 0 spiro atoms. The molecule has 0 aromatic heterocycles. The van der Waals surface area contributed by atoms with Gasteiger partial charge in [-0.05, 0) is 25.8 Å². The molecule has 2 aliphatic rings. The van der Waals surface area contributed by atoms with Gasteiger partial charge >= 0.3 is 0 Å². The molecule has 3 atom stereocenters. The molecule has 0 saturated carbocycles. The molecule has 74 valence electrons. The summed E-state index contributed by atoms with van der Waals surface area (Å²) in [5.74, 6) is 0.738. The van der Waals surface area contributed by atoms with Crippen molar-refractivity contribution < 1.29 is 0 Å². The first-order valence-electron chi connectivity index (χ1n) is 5.58. The van der Waals surface area contributed by atoms with Crippen LogP contribution in [-0.2, 0) is 0 Å². The summed E-state index contributed by atoms with van der Waals surface area (Å²) in [4.78, 5) is 0. The highest BCUT2D eigenvalue weighted by Gasteiger charge is 2.26. The van der Waals surface area contributed by atoms with E-state index in [1.54, 1.807) is 0 Å². The number of hydrogen-bond donors (Lipinski definition) is 2. The number of piperidine rings is 1. The molecule has 0 radical (unpaired) electrons. The van der Waals surface area contributed by atoms with Crippen molar-refractivity contribution in [3.05, 3.63) is 12.2 Å². The summed E-state index contributed by atoms with van der Waals surface area (Å²) in [6.07, 6.45) is 10.5. The van der Waals surface area contributed by atoms with Crippen molar-refractivity contribution in [1.82, 2.24) is 10.6 Å². The minimum absolute atomic E-state index is 0.551. The number of rotatable bonds is 2. The SMILES string of the molecule is CCCC1C=CC2CCCNC2N1. The van der Waals surface area contributed by atoms with Crippen LogP contribution in [-0.4, -0.2) is 18.8 Å². The maximum atomic E-state index is 3.66. The van der Waals surface area contributed by atoms with Crippen LogP contribution in [0.25, 0.3) is 0 Å².